The van der Waals surface area contributed by atoms with Gasteiger partial charge < -0.3 is 5.32 Å². The Balaban J connectivity index is 1.63. The highest BCUT2D eigenvalue weighted by Gasteiger charge is 2.41. The van der Waals surface area contributed by atoms with Crippen LogP contribution >= 0.6 is 0 Å². The fourth-order valence-electron chi connectivity index (χ4n) is 4.05. The van der Waals surface area contributed by atoms with Crippen LogP contribution in [0, 0.1) is 0 Å². The van der Waals surface area contributed by atoms with Crippen LogP contribution in [0.1, 0.15) is 55.2 Å². The molecule has 1 heterocycles. The average Bonchev–Trinajstić information content (AvgIpc) is 2.73. The van der Waals surface area contributed by atoms with Crippen molar-refractivity contribution < 1.29 is 18.0 Å². The van der Waals surface area contributed by atoms with Crippen LogP contribution in [0.2, 0.25) is 0 Å². The van der Waals surface area contributed by atoms with E-state index in [1.807, 2.05) is 24.3 Å². The molecule has 2 unspecified atom stereocenters. The van der Waals surface area contributed by atoms with E-state index in [1.54, 1.807) is 18.2 Å². The van der Waals surface area contributed by atoms with E-state index in [-0.39, 0.29) is 12.1 Å². The number of carbonyl (C=O) groups excluding carboxylic acids is 1. The second kappa shape index (κ2) is 10.1. The summed E-state index contributed by atoms with van der Waals surface area (Å²) >= 11 is 0. The molecule has 162 valence electrons. The molecule has 30 heavy (non-hydrogen) atoms. The normalized spacial score (nSPS) is 18.7. The van der Waals surface area contributed by atoms with Crippen molar-refractivity contribution in [3.05, 3.63) is 71.3 Å². The third kappa shape index (κ3) is 6.08. The van der Waals surface area contributed by atoms with Gasteiger partial charge in [-0.25, -0.2) is 0 Å². The van der Waals surface area contributed by atoms with Crippen molar-refractivity contribution in [3.63, 3.8) is 0 Å². The van der Waals surface area contributed by atoms with Crippen molar-refractivity contribution in [3.8, 4) is 0 Å². The highest BCUT2D eigenvalue weighted by atomic mass is 19.4. The predicted molar refractivity (Wildman–Crippen MR) is 112 cm³/mol. The van der Waals surface area contributed by atoms with Crippen molar-refractivity contribution in [2.24, 2.45) is 0 Å². The lowest BCUT2D eigenvalue weighted by Crippen LogP contribution is -2.37. The van der Waals surface area contributed by atoms with Gasteiger partial charge in [-0.05, 0) is 43.0 Å². The first-order valence-corrected chi connectivity index (χ1v) is 10.5. The Morgan fingerprint density at radius 2 is 1.73 bits per heavy atom. The highest BCUT2D eigenvalue weighted by molar-refractivity contribution is 5.77. The summed E-state index contributed by atoms with van der Waals surface area (Å²) < 4.78 is 40.5. The SMILES string of the molecule is CC1CCCCN1Cc1ccccc1CNC(=O)CC(c1ccccc1)C(F)(F)F. The first kappa shape index (κ1) is 22.3. The van der Waals surface area contributed by atoms with Gasteiger partial charge in [-0.15, -0.1) is 0 Å². The van der Waals surface area contributed by atoms with Crippen molar-refractivity contribution in [2.45, 2.75) is 63.8 Å². The Hall–Kier alpha value is -2.34. The molecule has 0 spiro atoms. The third-order valence-electron chi connectivity index (χ3n) is 5.89. The van der Waals surface area contributed by atoms with E-state index in [1.165, 1.54) is 31.4 Å². The lowest BCUT2D eigenvalue weighted by atomic mass is 9.94. The van der Waals surface area contributed by atoms with Gasteiger partial charge in [0.15, 0.2) is 0 Å². The molecular weight excluding hydrogens is 389 g/mol. The topological polar surface area (TPSA) is 32.3 Å². The summed E-state index contributed by atoms with van der Waals surface area (Å²) in [7, 11) is 0. The van der Waals surface area contributed by atoms with Gasteiger partial charge >= 0.3 is 6.18 Å². The van der Waals surface area contributed by atoms with E-state index < -0.39 is 24.4 Å². The molecule has 2 aromatic carbocycles. The largest absolute Gasteiger partial charge is 0.396 e. The van der Waals surface area contributed by atoms with E-state index in [0.717, 1.165) is 24.2 Å². The standard InChI is InChI=1S/C24H29F3N2O/c1-18-9-7-8-14-29(18)17-21-13-6-5-12-20(21)16-28-23(30)15-22(24(25,26)27)19-10-3-2-4-11-19/h2-6,10-13,18,22H,7-9,14-17H2,1H3,(H,28,30). The fraction of sp³-hybridized carbons (Fsp3) is 0.458. The van der Waals surface area contributed by atoms with Gasteiger partial charge in [0.2, 0.25) is 5.91 Å². The molecule has 6 heteroatoms. The quantitative estimate of drug-likeness (QED) is 0.652. The fourth-order valence-corrected chi connectivity index (χ4v) is 4.05. The molecular formula is C24H29F3N2O. The van der Waals surface area contributed by atoms with Crippen molar-refractivity contribution in [2.75, 3.05) is 6.54 Å². The number of likely N-dealkylation sites (tertiary alicyclic amines) is 1. The van der Waals surface area contributed by atoms with E-state index >= 15 is 0 Å². The zero-order chi connectivity index (χ0) is 21.6. The number of hydrogen-bond donors (Lipinski definition) is 1. The van der Waals surface area contributed by atoms with Gasteiger partial charge in [-0.3, -0.25) is 9.69 Å². The van der Waals surface area contributed by atoms with E-state index in [0.29, 0.717) is 6.04 Å². The molecule has 3 nitrogen and oxygen atoms in total. The van der Waals surface area contributed by atoms with Gasteiger partial charge in [-0.1, -0.05) is 61.0 Å². The van der Waals surface area contributed by atoms with Crippen LogP contribution in [0.3, 0.4) is 0 Å². The van der Waals surface area contributed by atoms with Crippen molar-refractivity contribution >= 4 is 5.91 Å². The minimum atomic E-state index is -4.47. The summed E-state index contributed by atoms with van der Waals surface area (Å²) in [6.45, 7) is 4.30. The number of nitrogens with zero attached hydrogens (tertiary/aromatic N) is 1. The van der Waals surface area contributed by atoms with Crippen LogP contribution in [0.25, 0.3) is 0 Å². The molecule has 2 aromatic rings. The van der Waals surface area contributed by atoms with Gasteiger partial charge in [0.05, 0.1) is 5.92 Å². The van der Waals surface area contributed by atoms with Crippen LogP contribution in [0.15, 0.2) is 54.6 Å². The van der Waals surface area contributed by atoms with Crippen LogP contribution in [-0.2, 0) is 17.9 Å². The molecule has 1 amide bonds. The van der Waals surface area contributed by atoms with Crippen molar-refractivity contribution in [1.82, 2.24) is 10.2 Å². The zero-order valence-electron chi connectivity index (χ0n) is 17.3. The van der Waals surface area contributed by atoms with Crippen LogP contribution < -0.4 is 5.32 Å². The van der Waals surface area contributed by atoms with Gasteiger partial charge in [-0.2, -0.15) is 13.2 Å². The predicted octanol–water partition coefficient (Wildman–Crippen LogP) is 5.41. The minimum absolute atomic E-state index is 0.111. The van der Waals surface area contributed by atoms with E-state index in [4.69, 9.17) is 0 Å². The molecule has 1 aliphatic rings. The number of piperidine rings is 1. The molecule has 0 saturated carbocycles. The Morgan fingerprint density at radius 3 is 2.40 bits per heavy atom. The lowest BCUT2D eigenvalue weighted by molar-refractivity contribution is -0.157. The minimum Gasteiger partial charge on any atom is -0.352 e. The summed E-state index contributed by atoms with van der Waals surface area (Å²) in [4.78, 5) is 14.8. The monoisotopic (exact) mass is 418 g/mol. The van der Waals surface area contributed by atoms with E-state index in [9.17, 15) is 18.0 Å². The number of halogens is 3. The Kier molecular flexibility index (Phi) is 7.53. The molecule has 2 atom stereocenters. The smallest absolute Gasteiger partial charge is 0.352 e. The Bertz CT molecular complexity index is 823. The molecule has 0 bridgehead atoms. The number of hydrogen-bond acceptors (Lipinski definition) is 2. The summed E-state index contributed by atoms with van der Waals surface area (Å²) in [6, 6.07) is 16.0. The Labute approximate surface area is 176 Å². The Morgan fingerprint density at radius 1 is 1.07 bits per heavy atom. The first-order valence-electron chi connectivity index (χ1n) is 10.5. The average molecular weight is 419 g/mol. The molecule has 0 aliphatic carbocycles. The molecule has 0 radical (unpaired) electrons. The number of alkyl halides is 3. The maximum absolute atomic E-state index is 13.5. The first-order chi connectivity index (χ1) is 14.3. The molecule has 0 aromatic heterocycles. The summed E-state index contributed by atoms with van der Waals surface area (Å²) in [5.41, 5.74) is 2.17. The van der Waals surface area contributed by atoms with Crippen LogP contribution in [-0.4, -0.2) is 29.6 Å². The maximum Gasteiger partial charge on any atom is 0.396 e. The molecule has 3 rings (SSSR count). The maximum atomic E-state index is 13.5. The zero-order valence-corrected chi connectivity index (χ0v) is 17.3. The van der Waals surface area contributed by atoms with Crippen LogP contribution in [0.5, 0.6) is 0 Å². The van der Waals surface area contributed by atoms with Gasteiger partial charge in [0, 0.05) is 25.6 Å². The molecule has 1 aliphatic heterocycles. The molecule has 1 saturated heterocycles. The number of rotatable bonds is 7. The lowest BCUT2D eigenvalue weighted by Gasteiger charge is -2.33. The van der Waals surface area contributed by atoms with Gasteiger partial charge in [0.1, 0.15) is 0 Å². The van der Waals surface area contributed by atoms with Crippen molar-refractivity contribution in [1.29, 1.82) is 0 Å². The summed E-state index contributed by atoms with van der Waals surface area (Å²) in [5.74, 6) is -2.40. The summed E-state index contributed by atoms with van der Waals surface area (Å²) in [5, 5.41) is 2.70. The number of amides is 1. The van der Waals surface area contributed by atoms with Crippen LogP contribution in [0.4, 0.5) is 13.2 Å². The summed E-state index contributed by atoms with van der Waals surface area (Å²) in [6.07, 6.45) is -1.48. The third-order valence-corrected chi connectivity index (χ3v) is 5.89. The van der Waals surface area contributed by atoms with E-state index in [2.05, 4.69) is 17.1 Å². The second-order valence-electron chi connectivity index (χ2n) is 8.07. The number of benzene rings is 2. The number of nitrogens with one attached hydrogen (secondary N) is 1. The number of carbonyl (C=O) groups is 1. The second-order valence-corrected chi connectivity index (χ2v) is 8.07. The van der Waals surface area contributed by atoms with Gasteiger partial charge in [0.25, 0.3) is 0 Å². The molecule has 1 N–H and O–H groups in total. The highest BCUT2D eigenvalue weighted by Crippen LogP contribution is 2.37. The molecule has 1 fully saturated rings.